The quantitative estimate of drug-likeness (QED) is 0.328. The van der Waals surface area contributed by atoms with Crippen molar-refractivity contribution in [3.8, 4) is 0 Å². The van der Waals surface area contributed by atoms with E-state index in [9.17, 15) is 0 Å². The third-order valence-corrected chi connectivity index (χ3v) is 4.94. The van der Waals surface area contributed by atoms with E-state index in [4.69, 9.17) is 13.8 Å². The van der Waals surface area contributed by atoms with Crippen molar-refractivity contribution >= 4 is 11.5 Å². The van der Waals surface area contributed by atoms with Crippen molar-refractivity contribution in [3.05, 3.63) is 54.8 Å². The van der Waals surface area contributed by atoms with Crippen molar-refractivity contribution < 1.29 is 13.8 Å². The minimum absolute atomic E-state index is 0.238. The van der Waals surface area contributed by atoms with E-state index < -0.39 is 0 Å². The van der Waals surface area contributed by atoms with E-state index in [1.165, 1.54) is 12.8 Å². The van der Waals surface area contributed by atoms with Gasteiger partial charge in [-0.3, -0.25) is 0 Å². The SMILES string of the molecule is C=C/C=C(\C)c1nc(N2CCC(OCc3cnoc3C3CC3)CC2)no1.C=CC.CC.CC. The van der Waals surface area contributed by atoms with Gasteiger partial charge in [0.25, 0.3) is 11.8 Å². The van der Waals surface area contributed by atoms with Crippen LogP contribution in [0.5, 0.6) is 0 Å². The van der Waals surface area contributed by atoms with Gasteiger partial charge in [-0.25, -0.2) is 0 Å². The zero-order valence-corrected chi connectivity index (χ0v) is 21.3. The van der Waals surface area contributed by atoms with Crippen LogP contribution in [-0.4, -0.2) is 34.5 Å². The van der Waals surface area contributed by atoms with E-state index in [-0.39, 0.29) is 6.10 Å². The minimum Gasteiger partial charge on any atom is -0.373 e. The summed E-state index contributed by atoms with van der Waals surface area (Å²) in [5.41, 5.74) is 2.01. The molecule has 7 nitrogen and oxygen atoms in total. The Kier molecular flexibility index (Phi) is 13.8. The van der Waals surface area contributed by atoms with Crippen LogP contribution >= 0.6 is 0 Å². The number of anilines is 1. The van der Waals surface area contributed by atoms with Crippen LogP contribution in [0.15, 0.2) is 46.6 Å². The molecule has 2 fully saturated rings. The number of rotatable bonds is 7. The number of nitrogens with zero attached hydrogens (tertiary/aromatic N) is 4. The van der Waals surface area contributed by atoms with E-state index in [0.29, 0.717) is 24.4 Å². The first kappa shape index (κ1) is 28.4. The molecule has 1 saturated heterocycles. The predicted octanol–water partition coefficient (Wildman–Crippen LogP) is 6.95. The largest absolute Gasteiger partial charge is 0.373 e. The van der Waals surface area contributed by atoms with Crippen molar-refractivity contribution in [2.24, 2.45) is 0 Å². The molecule has 1 saturated carbocycles. The summed E-state index contributed by atoms with van der Waals surface area (Å²) in [6.07, 6.45) is 11.6. The molecule has 1 aliphatic heterocycles. The van der Waals surface area contributed by atoms with Crippen LogP contribution in [0.1, 0.15) is 90.4 Å². The third kappa shape index (κ3) is 9.00. The van der Waals surface area contributed by atoms with Crippen molar-refractivity contribution in [1.82, 2.24) is 15.3 Å². The molecule has 0 atom stereocenters. The van der Waals surface area contributed by atoms with Gasteiger partial charge in [-0.2, -0.15) is 4.98 Å². The zero-order chi connectivity index (χ0) is 24.6. The van der Waals surface area contributed by atoms with Crippen molar-refractivity contribution in [1.29, 1.82) is 0 Å². The second kappa shape index (κ2) is 16.0. The second-order valence-corrected chi connectivity index (χ2v) is 7.38. The Labute approximate surface area is 199 Å². The summed E-state index contributed by atoms with van der Waals surface area (Å²) >= 11 is 0. The smallest absolute Gasteiger partial charge is 0.266 e. The number of hydrogen-bond donors (Lipinski definition) is 0. The minimum atomic E-state index is 0.238. The van der Waals surface area contributed by atoms with E-state index in [1.807, 2.05) is 47.6 Å². The highest BCUT2D eigenvalue weighted by molar-refractivity contribution is 5.58. The second-order valence-electron chi connectivity index (χ2n) is 7.38. The molecule has 0 aromatic carbocycles. The average Bonchev–Trinajstić information content (AvgIpc) is 3.38. The average molecular weight is 459 g/mol. The fourth-order valence-corrected chi connectivity index (χ4v) is 3.24. The molecular formula is C26H42N4O3. The topological polar surface area (TPSA) is 77.4 Å². The molecule has 1 aliphatic carbocycles. The lowest BCUT2D eigenvalue weighted by molar-refractivity contribution is 0.0242. The summed E-state index contributed by atoms with van der Waals surface area (Å²) in [6.45, 7) is 21.2. The molecule has 3 heterocycles. The lowest BCUT2D eigenvalue weighted by Gasteiger charge is -2.30. The summed E-state index contributed by atoms with van der Waals surface area (Å²) in [5, 5.41) is 8.02. The molecule has 33 heavy (non-hydrogen) atoms. The first-order valence-electron chi connectivity index (χ1n) is 12.2. The number of ether oxygens (including phenoxy) is 1. The fourth-order valence-electron chi connectivity index (χ4n) is 3.24. The highest BCUT2D eigenvalue weighted by Gasteiger charge is 2.31. The van der Waals surface area contributed by atoms with Crippen LogP contribution in [0, 0.1) is 0 Å². The van der Waals surface area contributed by atoms with Gasteiger partial charge in [-0.1, -0.05) is 57.7 Å². The van der Waals surface area contributed by atoms with Crippen LogP contribution < -0.4 is 4.90 Å². The van der Waals surface area contributed by atoms with Gasteiger partial charge in [0.1, 0.15) is 5.76 Å². The van der Waals surface area contributed by atoms with E-state index in [1.54, 1.807) is 18.3 Å². The van der Waals surface area contributed by atoms with Crippen molar-refractivity contribution in [2.75, 3.05) is 18.0 Å². The van der Waals surface area contributed by atoms with Crippen molar-refractivity contribution in [2.45, 2.75) is 85.9 Å². The molecule has 2 aromatic heterocycles. The van der Waals surface area contributed by atoms with Gasteiger partial charge in [-0.15, -0.1) is 6.58 Å². The molecule has 0 radical (unpaired) electrons. The molecule has 2 aromatic rings. The number of hydrogen-bond acceptors (Lipinski definition) is 7. The summed E-state index contributed by atoms with van der Waals surface area (Å²) in [7, 11) is 0. The number of piperidine rings is 1. The van der Waals surface area contributed by atoms with Crippen LogP contribution in [0.25, 0.3) is 5.57 Å². The summed E-state index contributed by atoms with van der Waals surface area (Å²) < 4.78 is 16.8. The molecule has 7 heteroatoms. The Hall–Kier alpha value is -2.67. The monoisotopic (exact) mass is 458 g/mol. The number of allylic oxidation sites excluding steroid dienone is 4. The Balaban J connectivity index is 0.000000705. The van der Waals surface area contributed by atoms with E-state index in [0.717, 1.165) is 42.8 Å². The normalized spacial score (nSPS) is 15.8. The summed E-state index contributed by atoms with van der Waals surface area (Å²) in [6, 6.07) is 0. The third-order valence-electron chi connectivity index (χ3n) is 4.94. The summed E-state index contributed by atoms with van der Waals surface area (Å²) in [4.78, 5) is 6.61. The molecule has 0 unspecified atom stereocenters. The Morgan fingerprint density at radius 3 is 2.33 bits per heavy atom. The maximum Gasteiger partial charge on any atom is 0.266 e. The van der Waals surface area contributed by atoms with E-state index in [2.05, 4.69) is 33.4 Å². The first-order valence-corrected chi connectivity index (χ1v) is 12.2. The van der Waals surface area contributed by atoms with E-state index >= 15 is 0 Å². The molecular weight excluding hydrogens is 416 g/mol. The molecule has 184 valence electrons. The van der Waals surface area contributed by atoms with Gasteiger partial charge in [0, 0.05) is 30.1 Å². The Bertz CT molecular complexity index is 828. The highest BCUT2D eigenvalue weighted by Crippen LogP contribution is 2.41. The molecule has 4 rings (SSSR count). The maximum absolute atomic E-state index is 6.09. The maximum atomic E-state index is 6.09. The zero-order valence-electron chi connectivity index (χ0n) is 21.3. The van der Waals surface area contributed by atoms with Crippen LogP contribution in [0.2, 0.25) is 0 Å². The first-order chi connectivity index (χ1) is 16.2. The van der Waals surface area contributed by atoms with Crippen LogP contribution in [0.4, 0.5) is 5.95 Å². The predicted molar refractivity (Wildman–Crippen MR) is 135 cm³/mol. The fraction of sp³-hybridized carbons (Fsp3) is 0.577. The van der Waals surface area contributed by atoms with Gasteiger partial charge < -0.3 is 18.7 Å². The Morgan fingerprint density at radius 2 is 1.76 bits per heavy atom. The van der Waals surface area contributed by atoms with Crippen LogP contribution in [0.3, 0.4) is 0 Å². The van der Waals surface area contributed by atoms with Gasteiger partial charge in [0.05, 0.1) is 18.9 Å². The van der Waals surface area contributed by atoms with Gasteiger partial charge >= 0.3 is 0 Å². The molecule has 2 aliphatic rings. The van der Waals surface area contributed by atoms with Gasteiger partial charge in [0.2, 0.25) is 0 Å². The lowest BCUT2D eigenvalue weighted by Crippen LogP contribution is -2.37. The molecule has 0 amide bonds. The lowest BCUT2D eigenvalue weighted by atomic mass is 10.1. The Morgan fingerprint density at radius 1 is 1.12 bits per heavy atom. The van der Waals surface area contributed by atoms with Crippen molar-refractivity contribution in [3.63, 3.8) is 0 Å². The molecule has 0 N–H and O–H groups in total. The van der Waals surface area contributed by atoms with Gasteiger partial charge in [-0.05, 0) is 44.7 Å². The van der Waals surface area contributed by atoms with Gasteiger partial charge in [0.15, 0.2) is 0 Å². The molecule has 0 bridgehead atoms. The number of aromatic nitrogens is 3. The van der Waals surface area contributed by atoms with Crippen LogP contribution in [-0.2, 0) is 11.3 Å². The molecule has 0 spiro atoms. The standard InChI is InChI=1S/C19H24N4O3.C3H6.2C2H6/c1-3-4-13(2)18-21-19(22-26-18)23-9-7-16(8-10-23)24-12-15-11-20-25-17(15)14-5-6-14;1-3-2;2*1-2/h3-4,11,14,16H,1,5-10,12H2,2H3;3H,1H2,2H3;2*1-2H3/b13-4+;;;. The highest BCUT2D eigenvalue weighted by atomic mass is 16.5. The summed E-state index contributed by atoms with van der Waals surface area (Å²) in [5.74, 6) is 2.76.